The van der Waals surface area contributed by atoms with Crippen LogP contribution in [-0.4, -0.2) is 17.9 Å². The van der Waals surface area contributed by atoms with Crippen LogP contribution in [0.1, 0.15) is 31.8 Å². The molecule has 0 bridgehead atoms. The molecule has 0 N–H and O–H groups in total. The van der Waals surface area contributed by atoms with Crippen LogP contribution in [0.2, 0.25) is 0 Å². The molecule has 0 fully saturated rings. The lowest BCUT2D eigenvalue weighted by molar-refractivity contribution is -0.137. The van der Waals surface area contributed by atoms with E-state index in [2.05, 4.69) is 0 Å². The minimum atomic E-state index is -4.68. The number of Topliss-reactive ketones (excluding diaryl/α,β-unsaturated/α-hetero) is 1. The molecule has 0 atom stereocenters. The Morgan fingerprint density at radius 3 is 2.41 bits per heavy atom. The second-order valence-corrected chi connectivity index (χ2v) is 3.66. The van der Waals surface area contributed by atoms with Crippen LogP contribution in [0.3, 0.4) is 0 Å². The topological polar surface area (TPSA) is 34.1 Å². The van der Waals surface area contributed by atoms with Gasteiger partial charge >= 0.3 is 6.18 Å². The second-order valence-electron chi connectivity index (χ2n) is 3.39. The largest absolute Gasteiger partial charge is 0.417 e. The van der Waals surface area contributed by atoms with Crippen molar-refractivity contribution >= 4 is 23.7 Å². The van der Waals surface area contributed by atoms with Crippen LogP contribution in [0.4, 0.5) is 13.2 Å². The van der Waals surface area contributed by atoms with Gasteiger partial charge in [0.1, 0.15) is 0 Å². The van der Waals surface area contributed by atoms with Crippen LogP contribution in [0.15, 0.2) is 12.1 Å². The Balaban J connectivity index is 3.59. The number of hydrogen-bond donors (Lipinski definition) is 0. The molecule has 1 aromatic rings. The zero-order valence-corrected chi connectivity index (χ0v) is 9.52. The van der Waals surface area contributed by atoms with Gasteiger partial charge in [-0.05, 0) is 18.6 Å². The number of rotatable bonds is 3. The molecule has 0 saturated heterocycles. The van der Waals surface area contributed by atoms with E-state index in [1.807, 2.05) is 0 Å². The van der Waals surface area contributed by atoms with E-state index in [-0.39, 0.29) is 11.8 Å². The lowest BCUT2D eigenvalue weighted by Gasteiger charge is -2.14. The summed E-state index contributed by atoms with van der Waals surface area (Å²) in [5.41, 5.74) is -1.73. The van der Waals surface area contributed by atoms with Crippen molar-refractivity contribution in [3.63, 3.8) is 0 Å². The summed E-state index contributed by atoms with van der Waals surface area (Å²) in [5.74, 6) is -1.17. The van der Waals surface area contributed by atoms with Gasteiger partial charge in [0.05, 0.1) is 11.4 Å². The molecule has 6 heteroatoms. The van der Waals surface area contributed by atoms with E-state index >= 15 is 0 Å². The standard InChI is InChI=1S/C11H8ClF3O2/c1-6-2-3-8(11(13,14)15)7(5-16)10(6)9(17)4-12/h2-3,5H,4H2,1H3. The maximum Gasteiger partial charge on any atom is 0.417 e. The van der Waals surface area contributed by atoms with E-state index in [9.17, 15) is 22.8 Å². The highest BCUT2D eigenvalue weighted by atomic mass is 35.5. The van der Waals surface area contributed by atoms with Gasteiger partial charge in [0, 0.05) is 11.1 Å². The van der Waals surface area contributed by atoms with E-state index in [0.29, 0.717) is 5.56 Å². The number of halogens is 4. The van der Waals surface area contributed by atoms with Gasteiger partial charge in [0.25, 0.3) is 0 Å². The van der Waals surface area contributed by atoms with Crippen LogP contribution in [0, 0.1) is 6.92 Å². The third kappa shape index (κ3) is 2.66. The van der Waals surface area contributed by atoms with E-state index in [1.54, 1.807) is 0 Å². The number of benzene rings is 1. The predicted molar refractivity (Wildman–Crippen MR) is 56.6 cm³/mol. The average Bonchev–Trinajstić information content (AvgIpc) is 2.25. The first-order valence-corrected chi connectivity index (χ1v) is 5.11. The second kappa shape index (κ2) is 4.87. The maximum atomic E-state index is 12.6. The highest BCUT2D eigenvalue weighted by Crippen LogP contribution is 2.33. The van der Waals surface area contributed by atoms with Crippen LogP contribution >= 0.6 is 11.6 Å². The Hall–Kier alpha value is -1.36. The smallest absolute Gasteiger partial charge is 0.298 e. The fourth-order valence-electron chi connectivity index (χ4n) is 1.54. The Bertz CT molecular complexity index is 467. The van der Waals surface area contributed by atoms with Crippen LogP contribution in [-0.2, 0) is 6.18 Å². The van der Waals surface area contributed by atoms with Crippen molar-refractivity contribution in [1.82, 2.24) is 0 Å². The molecule has 0 spiro atoms. The van der Waals surface area contributed by atoms with Gasteiger partial charge in [0.2, 0.25) is 0 Å². The first-order valence-electron chi connectivity index (χ1n) is 4.58. The SMILES string of the molecule is Cc1ccc(C(F)(F)F)c(C=O)c1C(=O)CCl. The van der Waals surface area contributed by atoms with Crippen molar-refractivity contribution in [3.8, 4) is 0 Å². The number of ketones is 1. The number of carbonyl (C=O) groups excluding carboxylic acids is 2. The van der Waals surface area contributed by atoms with Crippen molar-refractivity contribution in [1.29, 1.82) is 0 Å². The van der Waals surface area contributed by atoms with Crippen molar-refractivity contribution in [2.75, 3.05) is 5.88 Å². The molecular formula is C11H8ClF3O2. The van der Waals surface area contributed by atoms with Crippen LogP contribution in [0.25, 0.3) is 0 Å². The molecule has 0 aliphatic heterocycles. The minimum absolute atomic E-state index is 0.0373. The average molecular weight is 265 g/mol. The third-order valence-corrected chi connectivity index (χ3v) is 2.52. The monoisotopic (exact) mass is 264 g/mol. The first-order chi connectivity index (χ1) is 7.82. The highest BCUT2D eigenvalue weighted by molar-refractivity contribution is 6.31. The maximum absolute atomic E-state index is 12.6. The molecule has 0 aliphatic carbocycles. The number of alkyl halides is 4. The fourth-order valence-corrected chi connectivity index (χ4v) is 1.67. The van der Waals surface area contributed by atoms with E-state index in [1.165, 1.54) is 6.92 Å². The lowest BCUT2D eigenvalue weighted by Crippen LogP contribution is -2.15. The van der Waals surface area contributed by atoms with Crippen LogP contribution < -0.4 is 0 Å². The predicted octanol–water partition coefficient (Wildman–Crippen LogP) is 3.25. The molecule has 0 radical (unpaired) electrons. The summed E-state index contributed by atoms with van der Waals surface area (Å²) in [6, 6.07) is 1.93. The van der Waals surface area contributed by atoms with Gasteiger partial charge in [-0.2, -0.15) is 13.2 Å². The molecule has 2 nitrogen and oxygen atoms in total. The quantitative estimate of drug-likeness (QED) is 0.477. The molecular weight excluding hydrogens is 257 g/mol. The molecule has 0 unspecified atom stereocenters. The van der Waals surface area contributed by atoms with Crippen molar-refractivity contribution in [2.24, 2.45) is 0 Å². The first kappa shape index (κ1) is 13.7. The molecule has 0 aliphatic rings. The third-order valence-electron chi connectivity index (χ3n) is 2.28. The van der Waals surface area contributed by atoms with Gasteiger partial charge in [-0.1, -0.05) is 6.07 Å². The van der Waals surface area contributed by atoms with Gasteiger partial charge in [0.15, 0.2) is 12.1 Å². The Labute approximate surface area is 100 Å². The van der Waals surface area contributed by atoms with Crippen molar-refractivity contribution in [2.45, 2.75) is 13.1 Å². The fraction of sp³-hybridized carbons (Fsp3) is 0.273. The van der Waals surface area contributed by atoms with Gasteiger partial charge < -0.3 is 0 Å². The zero-order valence-electron chi connectivity index (χ0n) is 8.77. The molecule has 17 heavy (non-hydrogen) atoms. The zero-order chi connectivity index (χ0) is 13.2. The molecule has 92 valence electrons. The summed E-state index contributed by atoms with van der Waals surface area (Å²) in [5, 5.41) is 0. The number of carbonyl (C=O) groups is 2. The van der Waals surface area contributed by atoms with E-state index < -0.39 is 29.0 Å². The van der Waals surface area contributed by atoms with Gasteiger partial charge in [-0.25, -0.2) is 0 Å². The van der Waals surface area contributed by atoms with E-state index in [0.717, 1.165) is 12.1 Å². The summed E-state index contributed by atoms with van der Waals surface area (Å²) in [4.78, 5) is 22.2. The van der Waals surface area contributed by atoms with Crippen LogP contribution in [0.5, 0.6) is 0 Å². The van der Waals surface area contributed by atoms with E-state index in [4.69, 9.17) is 11.6 Å². The summed E-state index contributed by atoms with van der Waals surface area (Å²) in [6.07, 6.45) is -4.64. The Morgan fingerprint density at radius 2 is 2.00 bits per heavy atom. The molecule has 0 amide bonds. The molecule has 0 aromatic heterocycles. The molecule has 0 heterocycles. The number of hydrogen-bond acceptors (Lipinski definition) is 2. The normalized spacial score (nSPS) is 11.4. The Morgan fingerprint density at radius 1 is 1.41 bits per heavy atom. The minimum Gasteiger partial charge on any atom is -0.298 e. The highest BCUT2D eigenvalue weighted by Gasteiger charge is 2.35. The van der Waals surface area contributed by atoms with Gasteiger partial charge in [-0.15, -0.1) is 11.6 Å². The summed E-state index contributed by atoms with van der Waals surface area (Å²) in [6.45, 7) is 1.45. The number of aldehydes is 1. The lowest BCUT2D eigenvalue weighted by atomic mass is 9.94. The van der Waals surface area contributed by atoms with Crippen molar-refractivity contribution in [3.05, 3.63) is 34.4 Å². The summed E-state index contributed by atoms with van der Waals surface area (Å²) < 4.78 is 37.8. The van der Waals surface area contributed by atoms with Crippen molar-refractivity contribution < 1.29 is 22.8 Å². The number of aryl methyl sites for hydroxylation is 1. The molecule has 0 saturated carbocycles. The summed E-state index contributed by atoms with van der Waals surface area (Å²) in [7, 11) is 0. The summed E-state index contributed by atoms with van der Waals surface area (Å²) >= 11 is 5.31. The van der Waals surface area contributed by atoms with Gasteiger partial charge in [-0.3, -0.25) is 9.59 Å². The Kier molecular flexibility index (Phi) is 3.93. The molecule has 1 aromatic carbocycles. The molecule has 1 rings (SSSR count).